The Morgan fingerprint density at radius 3 is 0.816 bits per heavy atom. The van der Waals surface area contributed by atoms with Gasteiger partial charge in [0, 0.05) is 68.3 Å². The maximum absolute atomic E-state index is 2.43. The molecule has 4 heteroatoms. The molecule has 9 aromatic carbocycles. The highest BCUT2D eigenvalue weighted by Gasteiger charge is 2.20. The molecule has 9 aromatic rings. The molecule has 0 atom stereocenters. The fraction of sp³-hybridized carbons (Fsp3) is 0.0833. The molecule has 0 radical (unpaired) electrons. The van der Waals surface area contributed by atoms with E-state index in [9.17, 15) is 0 Å². The molecule has 0 fully saturated rings. The first-order chi connectivity index (χ1) is 37.7. The zero-order chi connectivity index (χ0) is 50.9. The molecule has 0 aromatic heterocycles. The molecule has 0 saturated carbocycles. The second-order valence-corrected chi connectivity index (χ2v) is 19.5. The predicted octanol–water partition coefficient (Wildman–Crippen LogP) is 20.3. The molecule has 0 spiro atoms. The van der Waals surface area contributed by atoms with Gasteiger partial charge >= 0.3 is 0 Å². The van der Waals surface area contributed by atoms with E-state index in [1.54, 1.807) is 0 Å². The van der Waals surface area contributed by atoms with Crippen molar-refractivity contribution in [1.82, 2.24) is 0 Å². The molecule has 0 unspecified atom stereocenters. The van der Waals surface area contributed by atoms with Gasteiger partial charge in [-0.1, -0.05) is 164 Å². The molecule has 76 heavy (non-hydrogen) atoms. The van der Waals surface area contributed by atoms with E-state index < -0.39 is 0 Å². The first kappa shape index (κ1) is 47.6. The lowest BCUT2D eigenvalue weighted by atomic mass is 10.0. The summed E-state index contributed by atoms with van der Waals surface area (Å²) in [4.78, 5) is 9.44. The van der Waals surface area contributed by atoms with Crippen LogP contribution < -0.4 is 19.6 Å². The van der Waals surface area contributed by atoms with E-state index in [2.05, 4.69) is 311 Å². The van der Waals surface area contributed by atoms with E-state index in [0.29, 0.717) is 0 Å². The summed E-state index contributed by atoms with van der Waals surface area (Å²) in [6.07, 6.45) is 26.9. The van der Waals surface area contributed by atoms with Gasteiger partial charge in [0.05, 0.1) is 0 Å². The van der Waals surface area contributed by atoms with E-state index in [4.69, 9.17) is 0 Å². The number of para-hydroxylation sites is 3. The van der Waals surface area contributed by atoms with Crippen LogP contribution >= 0.6 is 0 Å². The minimum atomic E-state index is 1.02. The normalized spacial score (nSPS) is 13.8. The van der Waals surface area contributed by atoms with Gasteiger partial charge in [0.25, 0.3) is 0 Å². The highest BCUT2D eigenvalue weighted by Crippen LogP contribution is 2.41. The van der Waals surface area contributed by atoms with Crippen molar-refractivity contribution in [2.45, 2.75) is 38.5 Å². The van der Waals surface area contributed by atoms with E-state index >= 15 is 0 Å². The molecule has 12 rings (SSSR count). The summed E-state index contributed by atoms with van der Waals surface area (Å²) in [5, 5.41) is 0. The second kappa shape index (κ2) is 22.4. The molecule has 0 N–H and O–H groups in total. The third-order valence-electron chi connectivity index (χ3n) is 14.5. The molecule has 3 aliphatic carbocycles. The highest BCUT2D eigenvalue weighted by atomic mass is 15.2. The summed E-state index contributed by atoms with van der Waals surface area (Å²) in [6.45, 7) is 0. The Morgan fingerprint density at radius 1 is 0.237 bits per heavy atom. The van der Waals surface area contributed by atoms with Crippen LogP contribution in [0.3, 0.4) is 0 Å². The Kier molecular flexibility index (Phi) is 14.0. The monoisotopic (exact) mass is 980 g/mol. The van der Waals surface area contributed by atoms with Crippen LogP contribution in [0.1, 0.15) is 38.5 Å². The quantitative estimate of drug-likeness (QED) is 0.101. The lowest BCUT2D eigenvalue weighted by Crippen LogP contribution is -2.22. The first-order valence-corrected chi connectivity index (χ1v) is 26.8. The molecule has 0 saturated heterocycles. The van der Waals surface area contributed by atoms with Crippen molar-refractivity contribution in [3.63, 3.8) is 0 Å². The van der Waals surface area contributed by atoms with Crippen LogP contribution in [0.4, 0.5) is 51.2 Å². The fourth-order valence-electron chi connectivity index (χ4n) is 10.7. The van der Waals surface area contributed by atoms with Crippen LogP contribution in [0.25, 0.3) is 33.4 Å². The number of benzene rings is 9. The van der Waals surface area contributed by atoms with Gasteiger partial charge in [0.15, 0.2) is 0 Å². The molecule has 368 valence electrons. The summed E-state index contributed by atoms with van der Waals surface area (Å²) < 4.78 is 0. The molecule has 0 aliphatic heterocycles. The molecule has 0 bridgehead atoms. The summed E-state index contributed by atoms with van der Waals surface area (Å²) in [7, 11) is 0. The number of nitrogens with zero attached hydrogens (tertiary/aromatic N) is 4. The Hall–Kier alpha value is -9.38. The van der Waals surface area contributed by atoms with Crippen LogP contribution in [0.5, 0.6) is 0 Å². The molecule has 3 aliphatic rings. The van der Waals surface area contributed by atoms with Gasteiger partial charge in [-0.25, -0.2) is 0 Å². The van der Waals surface area contributed by atoms with Gasteiger partial charge in [0.1, 0.15) is 0 Å². The van der Waals surface area contributed by atoms with Gasteiger partial charge < -0.3 is 19.6 Å². The van der Waals surface area contributed by atoms with Crippen LogP contribution in [-0.2, 0) is 0 Å². The lowest BCUT2D eigenvalue weighted by Gasteiger charge is -2.31. The van der Waals surface area contributed by atoms with Crippen LogP contribution in [0.15, 0.2) is 308 Å². The average Bonchev–Trinajstić information content (AvgIpc) is 3.50. The Bertz CT molecular complexity index is 3530. The number of rotatable bonds is 15. The van der Waals surface area contributed by atoms with Gasteiger partial charge in [-0.3, -0.25) is 0 Å². The predicted molar refractivity (Wildman–Crippen MR) is 323 cm³/mol. The van der Waals surface area contributed by atoms with Crippen molar-refractivity contribution in [3.8, 4) is 33.4 Å². The van der Waals surface area contributed by atoms with Crippen molar-refractivity contribution in [2.24, 2.45) is 0 Å². The van der Waals surface area contributed by atoms with Crippen LogP contribution in [0.2, 0.25) is 0 Å². The largest absolute Gasteiger partial charge is 0.315 e. The lowest BCUT2D eigenvalue weighted by molar-refractivity contribution is 0.887. The van der Waals surface area contributed by atoms with E-state index in [1.165, 1.54) is 56.2 Å². The molecular formula is C72H60N4. The zero-order valence-electron chi connectivity index (χ0n) is 42.7. The topological polar surface area (TPSA) is 13.0 Å². The van der Waals surface area contributed by atoms with Crippen molar-refractivity contribution in [3.05, 3.63) is 308 Å². The Labute approximate surface area is 448 Å². The molecule has 0 heterocycles. The first-order valence-electron chi connectivity index (χ1n) is 26.8. The van der Waals surface area contributed by atoms with Gasteiger partial charge in [-0.2, -0.15) is 0 Å². The van der Waals surface area contributed by atoms with Gasteiger partial charge in [-0.05, 0) is 199 Å². The third kappa shape index (κ3) is 10.4. The van der Waals surface area contributed by atoms with E-state index in [1.807, 2.05) is 0 Å². The number of hydrogen-bond donors (Lipinski definition) is 0. The second-order valence-electron chi connectivity index (χ2n) is 19.5. The summed E-state index contributed by atoms with van der Waals surface area (Å²) in [5.74, 6) is 0. The third-order valence-corrected chi connectivity index (χ3v) is 14.5. The van der Waals surface area contributed by atoms with Crippen LogP contribution in [0, 0.1) is 0 Å². The maximum Gasteiger partial charge on any atom is 0.0462 e. The van der Waals surface area contributed by atoms with Gasteiger partial charge in [0.2, 0.25) is 0 Å². The summed E-state index contributed by atoms with van der Waals surface area (Å²) in [6, 6.07) is 85.7. The molecular weight excluding hydrogens is 921 g/mol. The fourth-order valence-corrected chi connectivity index (χ4v) is 10.7. The van der Waals surface area contributed by atoms with Crippen molar-refractivity contribution in [1.29, 1.82) is 0 Å². The Morgan fingerprint density at radius 2 is 0.526 bits per heavy atom. The average molecular weight is 981 g/mol. The minimum absolute atomic E-state index is 1.02. The van der Waals surface area contributed by atoms with Crippen molar-refractivity contribution < 1.29 is 0 Å². The SMILES string of the molecule is C1=CCCC(N(C2=CCCC=C2)c2ccc(-c3ccc(N(c4ccccc4)c4ccc(-c5ccc(N(C6=CCCC=C6)c6ccc(-c7ccc(N(c8ccccc8)c8ccccc8)cc7)cc6)cc5)cc4)cc3)cc2)=C1. The Balaban J connectivity index is 0.768. The van der Waals surface area contributed by atoms with E-state index in [-0.39, 0.29) is 0 Å². The number of hydrogen-bond acceptors (Lipinski definition) is 4. The van der Waals surface area contributed by atoms with Crippen LogP contribution in [-0.4, -0.2) is 0 Å². The van der Waals surface area contributed by atoms with Crippen molar-refractivity contribution >= 4 is 51.2 Å². The number of allylic oxidation sites excluding steroid dienone is 10. The van der Waals surface area contributed by atoms with Gasteiger partial charge in [-0.15, -0.1) is 0 Å². The minimum Gasteiger partial charge on any atom is -0.315 e. The smallest absolute Gasteiger partial charge is 0.0462 e. The highest BCUT2D eigenvalue weighted by molar-refractivity contribution is 5.83. The summed E-state index contributed by atoms with van der Waals surface area (Å²) in [5.41, 5.74) is 21.0. The van der Waals surface area contributed by atoms with Crippen molar-refractivity contribution in [2.75, 3.05) is 19.6 Å². The zero-order valence-corrected chi connectivity index (χ0v) is 42.7. The number of anilines is 9. The standard InChI is InChI=1S/C72H60N4/c1-7-19-61(20-8-1)73(62-21-9-2-10-22-62)67-43-31-55(32-44-67)57-35-47-69(48-36-57)75(65-27-15-5-16-28-65)71-51-39-59(40-52-71)60-41-53-72(54-42-60)76(66-29-17-6-18-30-66)70-49-37-58(38-50-70)56-33-45-68(46-34-56)74(63-23-11-3-12-24-63)64-25-13-4-14-26-64/h1-3,6-11,13,15,17-23,25-54H,4-5,12,14,16,24H2. The maximum atomic E-state index is 2.43. The molecule has 4 nitrogen and oxygen atoms in total. The molecule has 0 amide bonds. The van der Waals surface area contributed by atoms with E-state index in [0.717, 1.165) is 84.0 Å². The summed E-state index contributed by atoms with van der Waals surface area (Å²) >= 11 is 0.